The van der Waals surface area contributed by atoms with E-state index in [1.807, 2.05) is 14.1 Å². The minimum Gasteiger partial charge on any atom is -0.302 e. The molecule has 0 spiro atoms. The van der Waals surface area contributed by atoms with Crippen molar-refractivity contribution in [1.29, 1.82) is 0 Å². The van der Waals surface area contributed by atoms with Crippen molar-refractivity contribution in [3.05, 3.63) is 71.9 Å². The van der Waals surface area contributed by atoms with E-state index in [0.29, 0.717) is 11.3 Å². The monoisotopic (exact) mass is 399 g/mol. The van der Waals surface area contributed by atoms with E-state index in [-0.39, 0.29) is 10.9 Å². The molecule has 2 aromatic heterocycles. The predicted molar refractivity (Wildman–Crippen MR) is 106 cm³/mol. The number of pyridine rings is 1. The molecule has 0 aliphatic heterocycles. The van der Waals surface area contributed by atoms with Crippen LogP contribution in [0.2, 0.25) is 0 Å². The molecule has 4 rings (SSSR count). The Balaban J connectivity index is 2.03. The number of fused-ring (bicyclic) bond motifs is 1. The zero-order valence-electron chi connectivity index (χ0n) is 15.8. The van der Waals surface area contributed by atoms with Crippen LogP contribution in [0.4, 0.5) is 4.39 Å². The summed E-state index contributed by atoms with van der Waals surface area (Å²) < 4.78 is 42.8. The second-order valence-corrected chi connectivity index (χ2v) is 9.07. The van der Waals surface area contributed by atoms with Crippen molar-refractivity contribution >= 4 is 10.0 Å². The van der Waals surface area contributed by atoms with Crippen LogP contribution < -0.4 is 0 Å². The summed E-state index contributed by atoms with van der Waals surface area (Å²) >= 11 is 0. The molecule has 5 nitrogen and oxygen atoms in total. The maximum atomic E-state index is 14.7. The molecular weight excluding hydrogens is 377 g/mol. The number of nitrogens with zero attached hydrogens (tertiary/aromatic N) is 3. The van der Waals surface area contributed by atoms with Crippen LogP contribution in [-0.2, 0) is 16.4 Å². The third kappa shape index (κ3) is 3.04. The standard InChI is InChI=1S/C21H22FN3O2S/c1-24(2)20-11-5-9-16-18(20)14-25(21(16)17-8-3-4-10-19(17)22)28(26,27)15-7-6-12-23-13-15/h3-4,6-8,10,12-14,20H,5,9,11H2,1-2H3. The Morgan fingerprint density at radius 2 is 1.96 bits per heavy atom. The third-order valence-corrected chi connectivity index (χ3v) is 6.96. The summed E-state index contributed by atoms with van der Waals surface area (Å²) in [6.07, 6.45) is 7.10. The predicted octanol–water partition coefficient (Wildman–Crippen LogP) is 3.87. The number of rotatable bonds is 4. The molecule has 0 saturated carbocycles. The lowest BCUT2D eigenvalue weighted by Gasteiger charge is -2.28. The van der Waals surface area contributed by atoms with Crippen molar-refractivity contribution in [1.82, 2.24) is 13.9 Å². The lowest BCUT2D eigenvalue weighted by molar-refractivity contribution is 0.269. The summed E-state index contributed by atoms with van der Waals surface area (Å²) in [7, 11) is 0.0545. The van der Waals surface area contributed by atoms with Crippen LogP contribution in [0, 0.1) is 5.82 Å². The van der Waals surface area contributed by atoms with Gasteiger partial charge >= 0.3 is 0 Å². The maximum Gasteiger partial charge on any atom is 0.269 e. The SMILES string of the molecule is CN(C)C1CCCc2c1cn(S(=O)(=O)c1cccnc1)c2-c1ccccc1F. The van der Waals surface area contributed by atoms with E-state index in [2.05, 4.69) is 9.88 Å². The van der Waals surface area contributed by atoms with Crippen molar-refractivity contribution in [2.75, 3.05) is 14.1 Å². The molecule has 1 aliphatic rings. The Morgan fingerprint density at radius 3 is 2.64 bits per heavy atom. The smallest absolute Gasteiger partial charge is 0.269 e. The van der Waals surface area contributed by atoms with E-state index in [0.717, 1.165) is 30.4 Å². The number of halogens is 1. The molecule has 1 aromatic carbocycles. The van der Waals surface area contributed by atoms with Gasteiger partial charge in [0.05, 0.1) is 5.69 Å². The highest BCUT2D eigenvalue weighted by Crippen LogP contribution is 2.41. The van der Waals surface area contributed by atoms with Gasteiger partial charge in [-0.1, -0.05) is 12.1 Å². The summed E-state index contributed by atoms with van der Waals surface area (Å²) in [6, 6.07) is 9.53. The summed E-state index contributed by atoms with van der Waals surface area (Å²) in [5, 5.41) is 0. The van der Waals surface area contributed by atoms with Gasteiger partial charge in [0.2, 0.25) is 0 Å². The first kappa shape index (κ1) is 18.8. The van der Waals surface area contributed by atoms with E-state index < -0.39 is 15.8 Å². The Labute approximate surface area is 164 Å². The molecule has 0 saturated heterocycles. The molecule has 2 heterocycles. The normalized spacial score (nSPS) is 16.9. The van der Waals surface area contributed by atoms with Gasteiger partial charge in [-0.25, -0.2) is 16.8 Å². The molecule has 0 N–H and O–H groups in total. The summed E-state index contributed by atoms with van der Waals surface area (Å²) in [5.74, 6) is -0.432. The van der Waals surface area contributed by atoms with Crippen LogP contribution in [-0.4, -0.2) is 36.4 Å². The van der Waals surface area contributed by atoms with Gasteiger partial charge in [-0.15, -0.1) is 0 Å². The van der Waals surface area contributed by atoms with Gasteiger partial charge in [-0.3, -0.25) is 4.98 Å². The van der Waals surface area contributed by atoms with Gasteiger partial charge in [0.25, 0.3) is 10.0 Å². The van der Waals surface area contributed by atoms with E-state index in [9.17, 15) is 12.8 Å². The Bertz CT molecular complexity index is 1110. The van der Waals surface area contributed by atoms with Crippen LogP contribution in [0.15, 0.2) is 59.9 Å². The second kappa shape index (κ2) is 7.14. The fraction of sp³-hybridized carbons (Fsp3) is 0.286. The quantitative estimate of drug-likeness (QED) is 0.668. The molecule has 0 radical (unpaired) electrons. The van der Waals surface area contributed by atoms with Crippen molar-refractivity contribution in [3.63, 3.8) is 0 Å². The molecule has 3 aromatic rings. The number of hydrogen-bond donors (Lipinski definition) is 0. The number of benzene rings is 1. The second-order valence-electron chi connectivity index (χ2n) is 7.25. The van der Waals surface area contributed by atoms with Gasteiger partial charge < -0.3 is 4.90 Å². The highest BCUT2D eigenvalue weighted by molar-refractivity contribution is 7.90. The highest BCUT2D eigenvalue weighted by Gasteiger charge is 2.32. The molecule has 28 heavy (non-hydrogen) atoms. The molecule has 7 heteroatoms. The minimum atomic E-state index is -3.91. The fourth-order valence-corrected chi connectivity index (χ4v) is 5.36. The Morgan fingerprint density at radius 1 is 1.18 bits per heavy atom. The topological polar surface area (TPSA) is 55.2 Å². The van der Waals surface area contributed by atoms with Gasteiger partial charge in [-0.2, -0.15) is 0 Å². The van der Waals surface area contributed by atoms with Crippen molar-refractivity contribution in [2.24, 2.45) is 0 Å². The summed E-state index contributed by atoms with van der Waals surface area (Å²) in [5.41, 5.74) is 2.57. The van der Waals surface area contributed by atoms with Crippen LogP contribution >= 0.6 is 0 Å². The summed E-state index contributed by atoms with van der Waals surface area (Å²) in [4.78, 5) is 6.12. The van der Waals surface area contributed by atoms with Gasteiger partial charge in [0.15, 0.2) is 0 Å². The fourth-order valence-electron chi connectivity index (χ4n) is 3.99. The van der Waals surface area contributed by atoms with Crippen LogP contribution in [0.3, 0.4) is 0 Å². The van der Waals surface area contributed by atoms with Gasteiger partial charge in [0, 0.05) is 30.2 Å². The zero-order chi connectivity index (χ0) is 19.9. The van der Waals surface area contributed by atoms with Crippen molar-refractivity contribution in [3.8, 4) is 11.3 Å². The van der Waals surface area contributed by atoms with Crippen LogP contribution in [0.5, 0.6) is 0 Å². The number of hydrogen-bond acceptors (Lipinski definition) is 4. The average molecular weight is 399 g/mol. The van der Waals surface area contributed by atoms with Gasteiger partial charge in [0.1, 0.15) is 10.7 Å². The van der Waals surface area contributed by atoms with E-state index in [1.54, 1.807) is 30.5 Å². The molecule has 146 valence electrons. The highest BCUT2D eigenvalue weighted by atomic mass is 32.2. The van der Waals surface area contributed by atoms with Crippen molar-refractivity contribution < 1.29 is 12.8 Å². The molecule has 1 unspecified atom stereocenters. The summed E-state index contributed by atoms with van der Waals surface area (Å²) in [6.45, 7) is 0. The zero-order valence-corrected chi connectivity index (χ0v) is 16.7. The lowest BCUT2D eigenvalue weighted by Crippen LogP contribution is -2.23. The van der Waals surface area contributed by atoms with E-state index in [1.165, 1.54) is 28.5 Å². The van der Waals surface area contributed by atoms with Crippen LogP contribution in [0.1, 0.15) is 30.0 Å². The first-order valence-corrected chi connectivity index (χ1v) is 10.7. The minimum absolute atomic E-state index is 0.0846. The molecule has 1 aliphatic carbocycles. The maximum absolute atomic E-state index is 14.7. The number of aromatic nitrogens is 2. The molecular formula is C21H22FN3O2S. The lowest BCUT2D eigenvalue weighted by atomic mass is 9.87. The molecule has 1 atom stereocenters. The Kier molecular flexibility index (Phi) is 4.81. The molecule has 0 amide bonds. The molecule has 0 bridgehead atoms. The molecule has 0 fully saturated rings. The Hall–Kier alpha value is -2.51. The largest absolute Gasteiger partial charge is 0.302 e. The first-order valence-electron chi connectivity index (χ1n) is 9.22. The van der Waals surface area contributed by atoms with E-state index in [4.69, 9.17) is 0 Å². The average Bonchev–Trinajstić information content (AvgIpc) is 3.09. The van der Waals surface area contributed by atoms with Crippen LogP contribution in [0.25, 0.3) is 11.3 Å². The van der Waals surface area contributed by atoms with Gasteiger partial charge in [-0.05, 0) is 68.8 Å². The van der Waals surface area contributed by atoms with Crippen molar-refractivity contribution in [2.45, 2.75) is 30.2 Å². The first-order chi connectivity index (χ1) is 13.4. The third-order valence-electron chi connectivity index (χ3n) is 5.32. The van der Waals surface area contributed by atoms with E-state index >= 15 is 0 Å².